The van der Waals surface area contributed by atoms with Crippen LogP contribution in [0.15, 0.2) is 54.6 Å². The van der Waals surface area contributed by atoms with Crippen molar-refractivity contribution < 1.29 is 4.74 Å². The summed E-state index contributed by atoms with van der Waals surface area (Å²) < 4.78 is 5.96. The van der Waals surface area contributed by atoms with Gasteiger partial charge in [-0.05, 0) is 30.8 Å². The van der Waals surface area contributed by atoms with Gasteiger partial charge in [0.25, 0.3) is 0 Å². The summed E-state index contributed by atoms with van der Waals surface area (Å²) in [7, 11) is 0. The van der Waals surface area contributed by atoms with E-state index in [9.17, 15) is 5.26 Å². The van der Waals surface area contributed by atoms with Crippen molar-refractivity contribution in [2.45, 2.75) is 13.8 Å². The van der Waals surface area contributed by atoms with Crippen molar-refractivity contribution in [3.8, 4) is 11.8 Å². The van der Waals surface area contributed by atoms with Crippen molar-refractivity contribution in [3.05, 3.63) is 65.7 Å². The van der Waals surface area contributed by atoms with E-state index < -0.39 is 0 Å². The minimum Gasteiger partial charge on any atom is -0.492 e. The second-order valence-electron chi connectivity index (χ2n) is 5.45. The van der Waals surface area contributed by atoms with Gasteiger partial charge in [-0.15, -0.1) is 12.4 Å². The fraction of sp³-hybridized carbons (Fsp3) is 0.286. The van der Waals surface area contributed by atoms with Gasteiger partial charge < -0.3 is 9.64 Å². The number of nitriles is 1. The molecular weight excluding hydrogens is 332 g/mol. The van der Waals surface area contributed by atoms with Crippen molar-refractivity contribution in [1.82, 2.24) is 4.90 Å². The summed E-state index contributed by atoms with van der Waals surface area (Å²) in [6.45, 7) is 7.88. The molecule has 0 radical (unpaired) electrons. The van der Waals surface area contributed by atoms with Crippen LogP contribution in [0.5, 0.6) is 5.75 Å². The Bertz CT molecular complexity index is 703. The van der Waals surface area contributed by atoms with Crippen LogP contribution in [-0.4, -0.2) is 31.1 Å². The molecule has 0 bridgehead atoms. The molecule has 3 nitrogen and oxygen atoms in total. The van der Waals surface area contributed by atoms with Crippen LogP contribution < -0.4 is 4.74 Å². The molecule has 0 aliphatic heterocycles. The maximum atomic E-state index is 9.48. The van der Waals surface area contributed by atoms with Gasteiger partial charge in [-0.1, -0.05) is 62.4 Å². The first-order chi connectivity index (χ1) is 11.8. The molecule has 0 saturated heterocycles. The average molecular weight is 357 g/mol. The normalized spacial score (nSPS) is 10.9. The highest BCUT2D eigenvalue weighted by atomic mass is 35.5. The van der Waals surface area contributed by atoms with Gasteiger partial charge in [-0.2, -0.15) is 5.26 Å². The fourth-order valence-corrected chi connectivity index (χ4v) is 2.51. The van der Waals surface area contributed by atoms with Crippen LogP contribution in [-0.2, 0) is 0 Å². The van der Waals surface area contributed by atoms with Crippen molar-refractivity contribution in [3.63, 3.8) is 0 Å². The first-order valence-electron chi connectivity index (χ1n) is 8.39. The predicted molar refractivity (Wildman–Crippen MR) is 107 cm³/mol. The fourth-order valence-electron chi connectivity index (χ4n) is 2.51. The van der Waals surface area contributed by atoms with Crippen molar-refractivity contribution in [2.24, 2.45) is 0 Å². The first kappa shape index (κ1) is 20.8. The van der Waals surface area contributed by atoms with Gasteiger partial charge >= 0.3 is 0 Å². The summed E-state index contributed by atoms with van der Waals surface area (Å²) >= 11 is 0. The average Bonchev–Trinajstić information content (AvgIpc) is 2.65. The lowest BCUT2D eigenvalue weighted by molar-refractivity contribution is 0.222. The van der Waals surface area contributed by atoms with Gasteiger partial charge in [0.2, 0.25) is 0 Å². The summed E-state index contributed by atoms with van der Waals surface area (Å²) in [5.41, 5.74) is 2.48. The molecule has 0 fully saturated rings. The van der Waals surface area contributed by atoms with E-state index in [1.807, 2.05) is 60.7 Å². The molecular formula is C21H25ClN2O. The SMILES string of the molecule is CCN(CC)CCOc1ccccc1/C=C(\C#N)c1ccccc1.Cl. The Morgan fingerprint density at radius 1 is 1.04 bits per heavy atom. The van der Waals surface area contributed by atoms with Crippen LogP contribution in [0.1, 0.15) is 25.0 Å². The third-order valence-electron chi connectivity index (χ3n) is 3.98. The number of hydrogen-bond acceptors (Lipinski definition) is 3. The number of ether oxygens (including phenoxy) is 1. The molecule has 0 aromatic heterocycles. The molecule has 2 aromatic carbocycles. The number of halogens is 1. The molecule has 25 heavy (non-hydrogen) atoms. The lowest BCUT2D eigenvalue weighted by Crippen LogP contribution is -2.27. The maximum Gasteiger partial charge on any atom is 0.126 e. The number of rotatable bonds is 8. The van der Waals surface area contributed by atoms with Gasteiger partial charge in [0.1, 0.15) is 12.4 Å². The zero-order chi connectivity index (χ0) is 17.2. The topological polar surface area (TPSA) is 36.3 Å². The minimum atomic E-state index is 0. The van der Waals surface area contributed by atoms with E-state index in [2.05, 4.69) is 24.8 Å². The third-order valence-corrected chi connectivity index (χ3v) is 3.98. The number of likely N-dealkylation sites (N-methyl/N-ethyl adjacent to an activating group) is 1. The Labute approximate surface area is 157 Å². The van der Waals surface area contributed by atoms with Crippen LogP contribution in [0.3, 0.4) is 0 Å². The Hall–Kier alpha value is -2.28. The van der Waals surface area contributed by atoms with Crippen LogP contribution >= 0.6 is 12.4 Å². The Morgan fingerprint density at radius 2 is 1.68 bits per heavy atom. The van der Waals surface area contributed by atoms with E-state index in [-0.39, 0.29) is 12.4 Å². The van der Waals surface area contributed by atoms with Crippen molar-refractivity contribution in [1.29, 1.82) is 5.26 Å². The lowest BCUT2D eigenvalue weighted by atomic mass is 10.0. The van der Waals surface area contributed by atoms with Crippen molar-refractivity contribution >= 4 is 24.1 Å². The van der Waals surface area contributed by atoms with E-state index in [1.54, 1.807) is 0 Å². The van der Waals surface area contributed by atoms with E-state index >= 15 is 0 Å². The molecule has 0 N–H and O–H groups in total. The first-order valence-corrected chi connectivity index (χ1v) is 8.39. The van der Waals surface area contributed by atoms with Gasteiger partial charge in [-0.25, -0.2) is 0 Å². The highest BCUT2D eigenvalue weighted by Gasteiger charge is 2.06. The van der Waals surface area contributed by atoms with Gasteiger partial charge in [-0.3, -0.25) is 0 Å². The molecule has 0 unspecified atom stereocenters. The smallest absolute Gasteiger partial charge is 0.126 e. The molecule has 0 amide bonds. The summed E-state index contributed by atoms with van der Waals surface area (Å²) in [6.07, 6.45) is 1.89. The van der Waals surface area contributed by atoms with E-state index in [4.69, 9.17) is 4.74 Å². The Morgan fingerprint density at radius 3 is 2.32 bits per heavy atom. The van der Waals surface area contributed by atoms with E-state index in [0.29, 0.717) is 12.2 Å². The van der Waals surface area contributed by atoms with Gasteiger partial charge in [0.05, 0.1) is 11.6 Å². The maximum absolute atomic E-state index is 9.48. The summed E-state index contributed by atoms with van der Waals surface area (Å²) in [6, 6.07) is 19.8. The number of benzene rings is 2. The molecule has 132 valence electrons. The van der Waals surface area contributed by atoms with Crippen molar-refractivity contribution in [2.75, 3.05) is 26.2 Å². The number of hydrogen-bond donors (Lipinski definition) is 0. The van der Waals surface area contributed by atoms with Crippen LogP contribution in [0, 0.1) is 11.3 Å². The van der Waals surface area contributed by atoms with Gasteiger partial charge in [0.15, 0.2) is 0 Å². The van der Waals surface area contributed by atoms with Gasteiger partial charge in [0, 0.05) is 12.1 Å². The molecule has 2 rings (SSSR count). The number of nitrogens with zero attached hydrogens (tertiary/aromatic N) is 2. The predicted octanol–water partition coefficient (Wildman–Crippen LogP) is 4.89. The zero-order valence-corrected chi connectivity index (χ0v) is 15.6. The molecule has 2 aromatic rings. The summed E-state index contributed by atoms with van der Waals surface area (Å²) in [4.78, 5) is 2.32. The minimum absolute atomic E-state index is 0. The molecule has 0 aliphatic carbocycles. The molecule has 0 saturated carbocycles. The quantitative estimate of drug-likeness (QED) is 0.499. The standard InChI is InChI=1S/C21H24N2O.ClH/c1-3-23(4-2)14-15-24-21-13-9-8-12-19(21)16-20(17-22)18-10-6-5-7-11-18;/h5-13,16H,3-4,14-15H2,1-2H3;1H/b20-16+;. The largest absolute Gasteiger partial charge is 0.492 e. The van der Waals surface area contributed by atoms with Crippen LogP contribution in [0.4, 0.5) is 0 Å². The lowest BCUT2D eigenvalue weighted by Gasteiger charge is -2.18. The number of allylic oxidation sites excluding steroid dienone is 1. The Kier molecular flexibility index (Phi) is 9.39. The second kappa shape index (κ2) is 11.3. The van der Waals surface area contributed by atoms with E-state index in [1.165, 1.54) is 0 Å². The monoisotopic (exact) mass is 356 g/mol. The molecule has 0 heterocycles. The third kappa shape index (κ3) is 6.26. The summed E-state index contributed by atoms with van der Waals surface area (Å²) in [5.74, 6) is 0.813. The second-order valence-corrected chi connectivity index (χ2v) is 5.45. The zero-order valence-electron chi connectivity index (χ0n) is 14.8. The molecule has 4 heteroatoms. The summed E-state index contributed by atoms with van der Waals surface area (Å²) in [5, 5.41) is 9.48. The van der Waals surface area contributed by atoms with E-state index in [0.717, 1.165) is 36.5 Å². The van der Waals surface area contributed by atoms with Crippen LogP contribution in [0.2, 0.25) is 0 Å². The highest BCUT2D eigenvalue weighted by Crippen LogP contribution is 2.24. The Balaban J connectivity index is 0.00000312. The van der Waals surface area contributed by atoms with Crippen LogP contribution in [0.25, 0.3) is 11.6 Å². The molecule has 0 atom stereocenters. The highest BCUT2D eigenvalue weighted by molar-refractivity contribution is 5.90. The number of para-hydroxylation sites is 1. The molecule has 0 spiro atoms. The molecule has 0 aliphatic rings.